The third-order valence-corrected chi connectivity index (χ3v) is 4.93. The summed E-state index contributed by atoms with van der Waals surface area (Å²) in [6, 6.07) is 9.19. The summed E-state index contributed by atoms with van der Waals surface area (Å²) in [6.45, 7) is 2.41. The van der Waals surface area contributed by atoms with Gasteiger partial charge in [0.05, 0.1) is 11.3 Å². The quantitative estimate of drug-likeness (QED) is 0.402. The standard InChI is InChI=1S/C20H17Cl2F3N4O/c1-2-16-18(21)19(28-12-27-16)29(22)10-9-13-3-6-15(7-4-13)30-17-8-5-14(11-26-17)20(23,24)25/h3-8,11-12H,2,9-10H2,1H3. The Bertz CT molecular complexity index is 983. The second-order valence-corrected chi connectivity index (χ2v) is 7.06. The van der Waals surface area contributed by atoms with Gasteiger partial charge in [-0.15, -0.1) is 0 Å². The fourth-order valence-corrected chi connectivity index (χ4v) is 3.19. The van der Waals surface area contributed by atoms with Crippen LogP contribution in [0.3, 0.4) is 0 Å². The zero-order valence-electron chi connectivity index (χ0n) is 15.8. The number of halogens is 5. The second-order valence-electron chi connectivity index (χ2n) is 6.28. The van der Waals surface area contributed by atoms with E-state index in [0.29, 0.717) is 36.0 Å². The van der Waals surface area contributed by atoms with E-state index in [4.69, 9.17) is 28.1 Å². The first-order valence-corrected chi connectivity index (χ1v) is 9.72. The lowest BCUT2D eigenvalue weighted by Gasteiger charge is -2.17. The number of benzene rings is 1. The first-order valence-electron chi connectivity index (χ1n) is 9.00. The molecule has 0 fully saturated rings. The Morgan fingerprint density at radius 2 is 1.77 bits per heavy atom. The van der Waals surface area contributed by atoms with Crippen molar-refractivity contribution in [3.63, 3.8) is 0 Å². The SMILES string of the molecule is CCc1ncnc(N(Cl)CCc2ccc(Oc3ccc(C(F)(F)F)cn3)cc2)c1Cl. The summed E-state index contributed by atoms with van der Waals surface area (Å²) in [6.07, 6.45) is -0.978. The molecule has 1 aromatic carbocycles. The molecule has 2 aromatic heterocycles. The van der Waals surface area contributed by atoms with Crippen LogP contribution >= 0.6 is 23.4 Å². The van der Waals surface area contributed by atoms with Crippen molar-refractivity contribution in [3.05, 3.63) is 70.8 Å². The van der Waals surface area contributed by atoms with E-state index in [1.54, 1.807) is 12.1 Å². The highest BCUT2D eigenvalue weighted by atomic mass is 35.5. The highest BCUT2D eigenvalue weighted by Crippen LogP contribution is 2.30. The zero-order chi connectivity index (χ0) is 21.7. The van der Waals surface area contributed by atoms with E-state index in [2.05, 4.69) is 15.0 Å². The molecule has 0 saturated heterocycles. The smallest absolute Gasteiger partial charge is 0.417 e. The number of aromatic nitrogens is 3. The minimum absolute atomic E-state index is 0.0767. The van der Waals surface area contributed by atoms with Crippen LogP contribution in [0.2, 0.25) is 5.02 Å². The number of ether oxygens (including phenoxy) is 1. The molecular formula is C20H17Cl2F3N4O. The molecule has 0 radical (unpaired) electrons. The summed E-state index contributed by atoms with van der Waals surface area (Å²) in [5.74, 6) is 0.992. The molecule has 0 amide bonds. The third kappa shape index (κ3) is 5.52. The molecule has 2 heterocycles. The molecule has 0 unspecified atom stereocenters. The lowest BCUT2D eigenvalue weighted by atomic mass is 10.1. The predicted molar refractivity (Wildman–Crippen MR) is 109 cm³/mol. The number of aryl methyl sites for hydroxylation is 1. The molecule has 0 bridgehead atoms. The van der Waals surface area contributed by atoms with Gasteiger partial charge in [0.15, 0.2) is 5.82 Å². The van der Waals surface area contributed by atoms with Gasteiger partial charge in [-0.1, -0.05) is 30.7 Å². The molecule has 0 aliphatic rings. The summed E-state index contributed by atoms with van der Waals surface area (Å²) in [5.41, 5.74) is 0.880. The second kappa shape index (κ2) is 9.49. The maximum absolute atomic E-state index is 12.6. The van der Waals surface area contributed by atoms with Gasteiger partial charge < -0.3 is 4.74 Å². The molecule has 0 spiro atoms. The summed E-state index contributed by atoms with van der Waals surface area (Å²) >= 11 is 12.6. The summed E-state index contributed by atoms with van der Waals surface area (Å²) in [7, 11) is 0. The van der Waals surface area contributed by atoms with Crippen molar-refractivity contribution < 1.29 is 17.9 Å². The van der Waals surface area contributed by atoms with Gasteiger partial charge in [-0.3, -0.25) is 4.42 Å². The van der Waals surface area contributed by atoms with Crippen molar-refractivity contribution in [1.82, 2.24) is 15.0 Å². The Morgan fingerprint density at radius 3 is 2.37 bits per heavy atom. The van der Waals surface area contributed by atoms with Crippen LogP contribution in [0.15, 0.2) is 48.9 Å². The van der Waals surface area contributed by atoms with Crippen LogP contribution in [-0.4, -0.2) is 21.5 Å². The first kappa shape index (κ1) is 22.1. The average Bonchev–Trinajstić information content (AvgIpc) is 2.73. The molecule has 0 aliphatic heterocycles. The molecular weight excluding hydrogens is 440 g/mol. The van der Waals surface area contributed by atoms with Crippen molar-refractivity contribution >= 4 is 29.2 Å². The van der Waals surface area contributed by atoms with Gasteiger partial charge in [-0.05, 0) is 36.6 Å². The number of hydrogen-bond acceptors (Lipinski definition) is 5. The average molecular weight is 457 g/mol. The normalized spacial score (nSPS) is 11.4. The maximum atomic E-state index is 12.6. The fraction of sp³-hybridized carbons (Fsp3) is 0.250. The van der Waals surface area contributed by atoms with E-state index >= 15 is 0 Å². The summed E-state index contributed by atoms with van der Waals surface area (Å²) < 4.78 is 44.7. The van der Waals surface area contributed by atoms with Crippen LogP contribution in [-0.2, 0) is 19.0 Å². The van der Waals surface area contributed by atoms with Crippen molar-refractivity contribution in [1.29, 1.82) is 0 Å². The predicted octanol–water partition coefficient (Wildman–Crippen LogP) is 6.10. The lowest BCUT2D eigenvalue weighted by molar-refractivity contribution is -0.137. The van der Waals surface area contributed by atoms with Crippen LogP contribution in [0.5, 0.6) is 11.6 Å². The number of pyridine rings is 1. The van der Waals surface area contributed by atoms with Crippen molar-refractivity contribution in [2.24, 2.45) is 0 Å². The van der Waals surface area contributed by atoms with E-state index in [-0.39, 0.29) is 5.88 Å². The Labute approximate surface area is 181 Å². The van der Waals surface area contributed by atoms with Gasteiger partial charge in [0.1, 0.15) is 17.1 Å². The fourth-order valence-electron chi connectivity index (χ4n) is 2.60. The minimum Gasteiger partial charge on any atom is -0.439 e. The molecule has 0 aliphatic carbocycles. The van der Waals surface area contributed by atoms with Crippen molar-refractivity contribution in [2.45, 2.75) is 25.9 Å². The highest BCUT2D eigenvalue weighted by molar-refractivity contribution is 6.36. The van der Waals surface area contributed by atoms with Gasteiger partial charge in [0.25, 0.3) is 0 Å². The van der Waals surface area contributed by atoms with E-state index in [1.165, 1.54) is 16.8 Å². The maximum Gasteiger partial charge on any atom is 0.417 e. The van der Waals surface area contributed by atoms with Gasteiger partial charge in [-0.25, -0.2) is 15.0 Å². The Hall–Kier alpha value is -2.58. The molecule has 158 valence electrons. The van der Waals surface area contributed by atoms with Crippen LogP contribution < -0.4 is 9.16 Å². The Morgan fingerprint density at radius 1 is 1.03 bits per heavy atom. The monoisotopic (exact) mass is 456 g/mol. The highest BCUT2D eigenvalue weighted by Gasteiger charge is 2.30. The van der Waals surface area contributed by atoms with Gasteiger partial charge >= 0.3 is 6.18 Å². The Balaban J connectivity index is 1.58. The summed E-state index contributed by atoms with van der Waals surface area (Å²) in [5, 5.41) is 0.433. The number of nitrogens with zero attached hydrogens (tertiary/aromatic N) is 4. The zero-order valence-corrected chi connectivity index (χ0v) is 17.3. The van der Waals surface area contributed by atoms with E-state index in [0.717, 1.165) is 23.5 Å². The van der Waals surface area contributed by atoms with Crippen LogP contribution in [0.4, 0.5) is 19.0 Å². The van der Waals surface area contributed by atoms with Gasteiger partial charge in [-0.2, -0.15) is 13.2 Å². The summed E-state index contributed by atoms with van der Waals surface area (Å²) in [4.78, 5) is 11.9. The van der Waals surface area contributed by atoms with Crippen LogP contribution in [0.1, 0.15) is 23.7 Å². The van der Waals surface area contributed by atoms with Gasteiger partial charge in [0.2, 0.25) is 5.88 Å². The van der Waals surface area contributed by atoms with E-state index < -0.39 is 11.7 Å². The first-order chi connectivity index (χ1) is 14.3. The van der Waals surface area contributed by atoms with Crippen molar-refractivity contribution in [3.8, 4) is 11.6 Å². The molecule has 30 heavy (non-hydrogen) atoms. The molecule has 0 saturated carbocycles. The lowest BCUT2D eigenvalue weighted by Crippen LogP contribution is -2.16. The minimum atomic E-state index is -4.43. The largest absolute Gasteiger partial charge is 0.439 e. The number of alkyl halides is 3. The van der Waals surface area contributed by atoms with Crippen LogP contribution in [0, 0.1) is 0 Å². The van der Waals surface area contributed by atoms with E-state index in [9.17, 15) is 13.2 Å². The topological polar surface area (TPSA) is 51.1 Å². The molecule has 5 nitrogen and oxygen atoms in total. The molecule has 0 atom stereocenters. The number of hydrogen-bond donors (Lipinski definition) is 0. The molecule has 3 aromatic rings. The van der Waals surface area contributed by atoms with E-state index in [1.807, 2.05) is 19.1 Å². The molecule has 0 N–H and O–H groups in total. The van der Waals surface area contributed by atoms with Crippen LogP contribution in [0.25, 0.3) is 0 Å². The number of anilines is 1. The van der Waals surface area contributed by atoms with Gasteiger partial charge in [0, 0.05) is 30.6 Å². The molecule has 10 heteroatoms. The van der Waals surface area contributed by atoms with Crippen molar-refractivity contribution in [2.75, 3.05) is 11.0 Å². The third-order valence-electron chi connectivity index (χ3n) is 4.21. The Kier molecular flexibility index (Phi) is 6.99. The number of rotatable bonds is 7. The molecule has 3 rings (SSSR count).